The van der Waals surface area contributed by atoms with Gasteiger partial charge in [-0.3, -0.25) is 0 Å². The van der Waals surface area contributed by atoms with Gasteiger partial charge in [0.2, 0.25) is 5.95 Å². The van der Waals surface area contributed by atoms with Crippen molar-refractivity contribution in [2.24, 2.45) is 7.05 Å². The molecule has 4 rings (SSSR count). The summed E-state index contributed by atoms with van der Waals surface area (Å²) in [5.74, 6) is 1.42. The minimum absolute atomic E-state index is 0.435. The molecule has 0 atom stereocenters. The Morgan fingerprint density at radius 2 is 2.00 bits per heavy atom. The molecule has 0 aliphatic rings. The van der Waals surface area contributed by atoms with Gasteiger partial charge in [-0.15, -0.1) is 0 Å². The van der Waals surface area contributed by atoms with Gasteiger partial charge >= 0.3 is 0 Å². The molecular weight excluding hydrogens is 309 g/mol. The van der Waals surface area contributed by atoms with Crippen molar-refractivity contribution in [3.05, 3.63) is 59.9 Å². The molecule has 0 unspecified atom stereocenters. The highest BCUT2D eigenvalue weighted by atomic mass is 19.1. The number of pyridine rings is 1. The summed E-state index contributed by atoms with van der Waals surface area (Å²) in [6, 6.07) is 6.49. The van der Waals surface area contributed by atoms with Gasteiger partial charge in [-0.25, -0.2) is 24.6 Å². The summed E-state index contributed by atoms with van der Waals surface area (Å²) < 4.78 is 16.9. The molecule has 0 saturated heterocycles. The van der Waals surface area contributed by atoms with Crippen molar-refractivity contribution in [1.82, 2.24) is 34.3 Å². The SMILES string of the molecule is Cc1ncc2nc(Cc3ccnn3-c3cccc(F)n3)n(C)c2n1. The van der Waals surface area contributed by atoms with Crippen molar-refractivity contribution in [3.8, 4) is 5.82 Å². The van der Waals surface area contributed by atoms with Crippen molar-refractivity contribution < 1.29 is 4.39 Å². The number of hydrogen-bond donors (Lipinski definition) is 0. The second kappa shape index (κ2) is 5.48. The van der Waals surface area contributed by atoms with Gasteiger partial charge in [0, 0.05) is 19.7 Å². The summed E-state index contributed by atoms with van der Waals surface area (Å²) in [6.45, 7) is 1.84. The summed E-state index contributed by atoms with van der Waals surface area (Å²) >= 11 is 0. The van der Waals surface area contributed by atoms with Crippen LogP contribution in [0.15, 0.2) is 36.7 Å². The van der Waals surface area contributed by atoms with E-state index in [9.17, 15) is 4.39 Å². The molecule has 0 N–H and O–H groups in total. The van der Waals surface area contributed by atoms with Crippen LogP contribution in [0.4, 0.5) is 4.39 Å². The van der Waals surface area contributed by atoms with E-state index >= 15 is 0 Å². The third kappa shape index (κ3) is 2.41. The minimum Gasteiger partial charge on any atom is -0.315 e. The Bertz CT molecular complexity index is 1030. The van der Waals surface area contributed by atoms with Crippen LogP contribution in [-0.2, 0) is 13.5 Å². The molecule has 4 aromatic heterocycles. The molecule has 4 aromatic rings. The molecule has 0 aliphatic heterocycles. The molecule has 0 fully saturated rings. The van der Waals surface area contributed by atoms with Crippen molar-refractivity contribution in [3.63, 3.8) is 0 Å². The van der Waals surface area contributed by atoms with Crippen LogP contribution in [-0.4, -0.2) is 34.3 Å². The van der Waals surface area contributed by atoms with Crippen LogP contribution >= 0.6 is 0 Å². The molecule has 7 nitrogen and oxygen atoms in total. The summed E-state index contributed by atoms with van der Waals surface area (Å²) in [7, 11) is 1.91. The van der Waals surface area contributed by atoms with Gasteiger partial charge in [0.15, 0.2) is 11.5 Å². The van der Waals surface area contributed by atoms with Crippen LogP contribution in [0.1, 0.15) is 17.3 Å². The molecule has 0 aromatic carbocycles. The second-order valence-corrected chi connectivity index (χ2v) is 5.44. The molecule has 8 heteroatoms. The standard InChI is InChI=1S/C16H14FN7/c1-10-18-9-12-16(20-10)23(2)15(21-12)8-11-6-7-19-24(11)14-5-3-4-13(17)22-14/h3-7,9H,8H2,1-2H3. The van der Waals surface area contributed by atoms with Gasteiger partial charge in [0.1, 0.15) is 17.2 Å². The molecule has 0 amide bonds. The molecule has 120 valence electrons. The highest BCUT2D eigenvalue weighted by Gasteiger charge is 2.14. The average molecular weight is 323 g/mol. The van der Waals surface area contributed by atoms with E-state index in [-0.39, 0.29) is 0 Å². The fourth-order valence-corrected chi connectivity index (χ4v) is 2.62. The topological polar surface area (TPSA) is 74.3 Å². The number of fused-ring (bicyclic) bond motifs is 1. The third-order valence-electron chi connectivity index (χ3n) is 3.80. The predicted octanol–water partition coefficient (Wildman–Crippen LogP) is 1.98. The Labute approximate surface area is 136 Å². The second-order valence-electron chi connectivity index (χ2n) is 5.44. The van der Waals surface area contributed by atoms with E-state index in [2.05, 4.69) is 25.0 Å². The number of rotatable bonds is 3. The Morgan fingerprint density at radius 1 is 1.12 bits per heavy atom. The Kier molecular flexibility index (Phi) is 3.30. The van der Waals surface area contributed by atoms with Gasteiger partial charge in [0.05, 0.1) is 11.9 Å². The number of imidazole rings is 1. The molecular formula is C16H14FN7. The molecule has 0 saturated carbocycles. The van der Waals surface area contributed by atoms with Crippen LogP contribution < -0.4 is 0 Å². The van der Waals surface area contributed by atoms with Gasteiger partial charge < -0.3 is 4.57 Å². The van der Waals surface area contributed by atoms with E-state index in [1.54, 1.807) is 29.2 Å². The summed E-state index contributed by atoms with van der Waals surface area (Å²) in [4.78, 5) is 17.1. The molecule has 0 aliphatic carbocycles. The van der Waals surface area contributed by atoms with Crippen LogP contribution in [0.3, 0.4) is 0 Å². The maximum Gasteiger partial charge on any atom is 0.214 e. The lowest BCUT2D eigenvalue weighted by Crippen LogP contribution is -2.08. The van der Waals surface area contributed by atoms with Crippen LogP contribution in [0, 0.1) is 12.9 Å². The normalized spacial score (nSPS) is 11.3. The predicted molar refractivity (Wildman–Crippen MR) is 85.2 cm³/mol. The Balaban J connectivity index is 1.75. The number of hydrogen-bond acceptors (Lipinski definition) is 5. The van der Waals surface area contributed by atoms with Crippen molar-refractivity contribution in [2.75, 3.05) is 0 Å². The quantitative estimate of drug-likeness (QED) is 0.539. The zero-order valence-corrected chi connectivity index (χ0v) is 13.2. The zero-order chi connectivity index (χ0) is 16.7. The molecule has 24 heavy (non-hydrogen) atoms. The van der Waals surface area contributed by atoms with Gasteiger partial charge in [-0.2, -0.15) is 9.49 Å². The lowest BCUT2D eigenvalue weighted by atomic mass is 10.3. The largest absolute Gasteiger partial charge is 0.315 e. The van der Waals surface area contributed by atoms with Crippen LogP contribution in [0.5, 0.6) is 0 Å². The lowest BCUT2D eigenvalue weighted by molar-refractivity contribution is 0.576. The first-order valence-corrected chi connectivity index (χ1v) is 7.42. The van der Waals surface area contributed by atoms with E-state index < -0.39 is 5.95 Å². The van der Waals surface area contributed by atoms with Crippen molar-refractivity contribution in [1.29, 1.82) is 0 Å². The van der Waals surface area contributed by atoms with E-state index in [1.165, 1.54) is 6.07 Å². The number of aryl methyl sites for hydroxylation is 2. The maximum absolute atomic E-state index is 13.4. The fraction of sp³-hybridized carbons (Fsp3) is 0.188. The highest BCUT2D eigenvalue weighted by molar-refractivity contribution is 5.70. The Hall–Kier alpha value is -3.16. The van der Waals surface area contributed by atoms with Crippen molar-refractivity contribution >= 4 is 11.2 Å². The van der Waals surface area contributed by atoms with E-state index in [1.807, 2.05) is 24.6 Å². The van der Waals surface area contributed by atoms with Crippen LogP contribution in [0.2, 0.25) is 0 Å². The average Bonchev–Trinajstić information content (AvgIpc) is 3.14. The Morgan fingerprint density at radius 3 is 2.83 bits per heavy atom. The highest BCUT2D eigenvalue weighted by Crippen LogP contribution is 2.17. The monoisotopic (exact) mass is 323 g/mol. The van der Waals surface area contributed by atoms with Gasteiger partial charge in [-0.1, -0.05) is 6.07 Å². The summed E-state index contributed by atoms with van der Waals surface area (Å²) in [5, 5.41) is 4.24. The number of aromatic nitrogens is 7. The summed E-state index contributed by atoms with van der Waals surface area (Å²) in [5.41, 5.74) is 2.39. The first-order chi connectivity index (χ1) is 11.6. The zero-order valence-electron chi connectivity index (χ0n) is 13.2. The molecule has 0 spiro atoms. The van der Waals surface area contributed by atoms with Gasteiger partial charge in [0.25, 0.3) is 0 Å². The maximum atomic E-state index is 13.4. The lowest BCUT2D eigenvalue weighted by Gasteiger charge is -2.07. The third-order valence-corrected chi connectivity index (χ3v) is 3.80. The van der Waals surface area contributed by atoms with E-state index in [0.717, 1.165) is 22.7 Å². The molecule has 0 radical (unpaired) electrons. The summed E-state index contributed by atoms with van der Waals surface area (Å²) in [6.07, 6.45) is 3.89. The first kappa shape index (κ1) is 14.4. The first-order valence-electron chi connectivity index (χ1n) is 7.42. The van der Waals surface area contributed by atoms with E-state index in [0.29, 0.717) is 18.1 Å². The van der Waals surface area contributed by atoms with Crippen LogP contribution in [0.25, 0.3) is 17.0 Å². The molecule has 4 heterocycles. The fourth-order valence-electron chi connectivity index (χ4n) is 2.62. The molecule has 0 bridgehead atoms. The smallest absolute Gasteiger partial charge is 0.214 e. The van der Waals surface area contributed by atoms with Gasteiger partial charge in [-0.05, 0) is 25.1 Å². The number of nitrogens with zero attached hydrogens (tertiary/aromatic N) is 7. The minimum atomic E-state index is -0.539. The van der Waals surface area contributed by atoms with Crippen molar-refractivity contribution in [2.45, 2.75) is 13.3 Å². The number of halogens is 1. The van der Waals surface area contributed by atoms with E-state index in [4.69, 9.17) is 0 Å².